The highest BCUT2D eigenvalue weighted by Crippen LogP contribution is 2.21. The maximum absolute atomic E-state index is 7.82. The minimum Gasteiger partial charge on any atom is -0.475 e. The summed E-state index contributed by atoms with van der Waals surface area (Å²) in [4.78, 5) is 4.44. The number of ether oxygens (including phenoxy) is 1. The van der Waals surface area contributed by atoms with Crippen molar-refractivity contribution in [1.29, 1.82) is 0 Å². The first kappa shape index (κ1) is 8.48. The number of nitrogens with zero attached hydrogens (tertiary/aromatic N) is 1. The number of hydrogen-bond donors (Lipinski definition) is 0. The molecule has 14 heavy (non-hydrogen) atoms. The monoisotopic (exact) mass is 254 g/mol. The van der Waals surface area contributed by atoms with Gasteiger partial charge in [0.2, 0.25) is 5.90 Å². The summed E-state index contributed by atoms with van der Waals surface area (Å²) in [5.41, 5.74) is 0.582. The van der Waals surface area contributed by atoms with Crippen LogP contribution in [0.4, 0.5) is 0 Å². The number of halogens is 1. The second-order valence-corrected chi connectivity index (χ2v) is 4.85. The van der Waals surface area contributed by atoms with E-state index in [-0.39, 0.29) is 5.54 Å². The Hall–Kier alpha value is -0.830. The predicted molar refractivity (Wildman–Crippen MR) is 60.7 cm³/mol. The molecule has 0 fully saturated rings. The molecule has 0 bridgehead atoms. The zero-order valence-electron chi connectivity index (χ0n) is 9.17. The predicted octanol–water partition coefficient (Wildman–Crippen LogP) is 3.00. The van der Waals surface area contributed by atoms with Crippen LogP contribution < -0.4 is 0 Å². The molecule has 0 saturated heterocycles. The number of rotatable bonds is 1. The lowest BCUT2D eigenvalue weighted by molar-refractivity contribution is 0.279. The van der Waals surface area contributed by atoms with Gasteiger partial charge in [-0.3, -0.25) is 0 Å². The van der Waals surface area contributed by atoms with Crippen LogP contribution in [0.2, 0.25) is 0 Å². The maximum Gasteiger partial charge on any atom is 0.216 e. The van der Waals surface area contributed by atoms with Gasteiger partial charge in [0.15, 0.2) is 0 Å². The van der Waals surface area contributed by atoms with E-state index in [9.17, 15) is 0 Å². The molecule has 0 unspecified atom stereocenters. The molecule has 3 heteroatoms. The summed E-state index contributed by atoms with van der Waals surface area (Å²) in [6, 6.07) is 5.92. The number of benzene rings is 1. The van der Waals surface area contributed by atoms with Gasteiger partial charge in [0.05, 0.1) is 6.91 Å². The van der Waals surface area contributed by atoms with Gasteiger partial charge in [-0.2, -0.15) is 0 Å². The third kappa shape index (κ3) is 1.98. The van der Waals surface area contributed by atoms with Crippen LogP contribution in [0.1, 0.15) is 20.8 Å². The SMILES string of the molecule is [2H]c1cc(Br)ccc1C1=NC(C)(C)CO1. The smallest absolute Gasteiger partial charge is 0.216 e. The first-order chi connectivity index (χ1) is 6.98. The highest BCUT2D eigenvalue weighted by Gasteiger charge is 2.26. The lowest BCUT2D eigenvalue weighted by atomic mass is 10.1. The Kier molecular flexibility index (Phi) is 2.05. The third-order valence-electron chi connectivity index (χ3n) is 1.97. The Labute approximate surface area is 93.5 Å². The Morgan fingerprint density at radius 3 is 2.86 bits per heavy atom. The van der Waals surface area contributed by atoms with Crippen molar-refractivity contribution in [2.45, 2.75) is 19.4 Å². The van der Waals surface area contributed by atoms with Crippen molar-refractivity contribution in [3.8, 4) is 0 Å². The van der Waals surface area contributed by atoms with Gasteiger partial charge in [-0.1, -0.05) is 15.9 Å². The van der Waals surface area contributed by atoms with Crippen molar-refractivity contribution in [1.82, 2.24) is 0 Å². The van der Waals surface area contributed by atoms with E-state index in [1.165, 1.54) is 0 Å². The zero-order valence-corrected chi connectivity index (χ0v) is 9.76. The molecule has 0 atom stereocenters. The third-order valence-corrected chi connectivity index (χ3v) is 2.46. The van der Waals surface area contributed by atoms with Crippen molar-refractivity contribution < 1.29 is 6.11 Å². The van der Waals surface area contributed by atoms with Crippen LogP contribution in [0.15, 0.2) is 33.7 Å². The van der Waals surface area contributed by atoms with Crippen LogP contribution in [0.3, 0.4) is 0 Å². The fourth-order valence-electron chi connectivity index (χ4n) is 1.26. The molecule has 1 aliphatic heterocycles. The standard InChI is InChI=1S/C11H12BrNO/c1-11(2)7-14-10(13-11)8-3-5-9(12)6-4-8/h3-6H,7H2,1-2H3/i3D. The molecule has 1 aromatic rings. The Balaban J connectivity index is 2.39. The van der Waals surface area contributed by atoms with Crippen molar-refractivity contribution in [3.05, 3.63) is 34.3 Å². The molecule has 1 heterocycles. The molecule has 1 aliphatic rings. The molecular weight excluding hydrogens is 242 g/mol. The summed E-state index contributed by atoms with van der Waals surface area (Å²) in [5.74, 6) is 0.581. The maximum atomic E-state index is 7.82. The molecule has 1 aromatic carbocycles. The van der Waals surface area contributed by atoms with Gasteiger partial charge in [-0.05, 0) is 38.1 Å². The van der Waals surface area contributed by atoms with E-state index in [1.54, 1.807) is 6.07 Å². The largest absolute Gasteiger partial charge is 0.475 e. The van der Waals surface area contributed by atoms with Gasteiger partial charge in [-0.15, -0.1) is 0 Å². The summed E-state index contributed by atoms with van der Waals surface area (Å²) in [6.45, 7) is 4.61. The molecule has 0 N–H and O–H groups in total. The van der Waals surface area contributed by atoms with E-state index < -0.39 is 0 Å². The van der Waals surface area contributed by atoms with E-state index in [0.717, 1.165) is 10.0 Å². The molecule has 0 aromatic heterocycles. The lowest BCUT2D eigenvalue weighted by Crippen LogP contribution is -2.17. The molecule has 0 aliphatic carbocycles. The topological polar surface area (TPSA) is 21.6 Å². The van der Waals surface area contributed by atoms with Crippen LogP contribution in [0.5, 0.6) is 0 Å². The van der Waals surface area contributed by atoms with E-state index in [1.807, 2.05) is 26.0 Å². The van der Waals surface area contributed by atoms with Crippen molar-refractivity contribution >= 4 is 21.8 Å². The summed E-state index contributed by atoms with van der Waals surface area (Å²) in [7, 11) is 0. The van der Waals surface area contributed by atoms with Crippen LogP contribution in [-0.4, -0.2) is 18.0 Å². The highest BCUT2D eigenvalue weighted by molar-refractivity contribution is 9.10. The molecule has 0 saturated carbocycles. The number of aliphatic imine (C=N–C) groups is 1. The van der Waals surface area contributed by atoms with Crippen LogP contribution in [0, 0.1) is 0 Å². The summed E-state index contributed by atoms with van der Waals surface area (Å²) < 4.78 is 14.2. The average molecular weight is 255 g/mol. The summed E-state index contributed by atoms with van der Waals surface area (Å²) in [5, 5.41) is 0. The van der Waals surface area contributed by atoms with E-state index >= 15 is 0 Å². The molecule has 0 spiro atoms. The van der Waals surface area contributed by atoms with E-state index in [4.69, 9.17) is 6.11 Å². The normalized spacial score (nSPS) is 19.9. The Morgan fingerprint density at radius 1 is 1.50 bits per heavy atom. The Morgan fingerprint density at radius 2 is 2.29 bits per heavy atom. The minimum absolute atomic E-state index is 0.172. The molecule has 2 nitrogen and oxygen atoms in total. The lowest BCUT2D eigenvalue weighted by Gasteiger charge is -2.07. The van der Waals surface area contributed by atoms with Gasteiger partial charge >= 0.3 is 0 Å². The van der Waals surface area contributed by atoms with Crippen LogP contribution in [0.25, 0.3) is 0 Å². The minimum atomic E-state index is -0.172. The van der Waals surface area contributed by atoms with Gasteiger partial charge in [0.1, 0.15) is 6.61 Å². The van der Waals surface area contributed by atoms with E-state index in [0.29, 0.717) is 18.5 Å². The van der Waals surface area contributed by atoms with Crippen LogP contribution >= 0.6 is 15.9 Å². The summed E-state index contributed by atoms with van der Waals surface area (Å²) in [6.07, 6.45) is 0. The fourth-order valence-corrected chi connectivity index (χ4v) is 1.51. The second kappa shape index (κ2) is 3.39. The van der Waals surface area contributed by atoms with E-state index in [2.05, 4.69) is 20.9 Å². The molecule has 2 rings (SSSR count). The molecule has 0 radical (unpaired) electrons. The molecular formula is C11H12BrNO. The molecule has 0 amide bonds. The highest BCUT2D eigenvalue weighted by atomic mass is 79.9. The van der Waals surface area contributed by atoms with Crippen LogP contribution in [-0.2, 0) is 4.74 Å². The summed E-state index contributed by atoms with van der Waals surface area (Å²) >= 11 is 3.33. The number of hydrogen-bond acceptors (Lipinski definition) is 2. The van der Waals surface area contributed by atoms with Gasteiger partial charge in [0.25, 0.3) is 0 Å². The Bertz CT molecular complexity index is 429. The van der Waals surface area contributed by atoms with Crippen molar-refractivity contribution in [3.63, 3.8) is 0 Å². The zero-order chi connectivity index (χ0) is 11.1. The van der Waals surface area contributed by atoms with Gasteiger partial charge in [0, 0.05) is 10.0 Å². The fraction of sp³-hybridized carbons (Fsp3) is 0.364. The average Bonchev–Trinajstić information content (AvgIpc) is 2.46. The van der Waals surface area contributed by atoms with Gasteiger partial charge < -0.3 is 4.74 Å². The quantitative estimate of drug-likeness (QED) is 0.755. The van der Waals surface area contributed by atoms with Crippen molar-refractivity contribution in [2.24, 2.45) is 4.99 Å². The first-order valence-corrected chi connectivity index (χ1v) is 5.26. The first-order valence-electron chi connectivity index (χ1n) is 4.97. The van der Waals surface area contributed by atoms with Gasteiger partial charge in [-0.25, -0.2) is 4.99 Å². The van der Waals surface area contributed by atoms with Crippen molar-refractivity contribution in [2.75, 3.05) is 6.61 Å². The molecule has 74 valence electrons. The second-order valence-electron chi connectivity index (χ2n) is 3.94.